The van der Waals surface area contributed by atoms with Crippen LogP contribution >= 0.6 is 0 Å². The lowest BCUT2D eigenvalue weighted by atomic mass is 9.97. The van der Waals surface area contributed by atoms with Gasteiger partial charge in [-0.05, 0) is 43.7 Å². The van der Waals surface area contributed by atoms with Gasteiger partial charge in [0.2, 0.25) is 5.91 Å². The first-order valence-corrected chi connectivity index (χ1v) is 9.17. The molecule has 0 bridgehead atoms. The number of nitrogens with one attached hydrogen (secondary N) is 1. The number of benzene rings is 2. The van der Waals surface area contributed by atoms with Crippen LogP contribution in [0.3, 0.4) is 0 Å². The van der Waals surface area contributed by atoms with Crippen molar-refractivity contribution in [1.29, 1.82) is 0 Å². The van der Waals surface area contributed by atoms with E-state index in [1.54, 1.807) is 24.3 Å². The zero-order chi connectivity index (χ0) is 18.8. The van der Waals surface area contributed by atoms with Crippen LogP contribution in [0, 0.1) is 5.92 Å². The highest BCUT2D eigenvalue weighted by molar-refractivity contribution is 6.21. The van der Waals surface area contributed by atoms with Gasteiger partial charge in [0.15, 0.2) is 0 Å². The minimum absolute atomic E-state index is 0.0201. The normalized spacial score (nSPS) is 19.9. The molecule has 2 aliphatic rings. The van der Waals surface area contributed by atoms with Crippen LogP contribution < -0.4 is 5.32 Å². The Morgan fingerprint density at radius 2 is 1.59 bits per heavy atom. The lowest BCUT2D eigenvalue weighted by Gasteiger charge is -2.33. The standard InChI is InChI=1S/C21H21N3O3/c25-19(22-16-8-2-1-3-9-16)15-7-6-12-23(13-15)14-24-20(26)17-10-4-5-11-18(17)21(24)27/h1-5,8-11,15H,6-7,12-14H2,(H,22,25)/t15-/m1/s1. The number of carbonyl (C=O) groups excluding carboxylic acids is 3. The highest BCUT2D eigenvalue weighted by atomic mass is 16.2. The molecule has 6 heteroatoms. The molecular formula is C21H21N3O3. The number of para-hydroxylation sites is 1. The lowest BCUT2D eigenvalue weighted by molar-refractivity contribution is -0.121. The number of hydrogen-bond donors (Lipinski definition) is 1. The summed E-state index contributed by atoms with van der Waals surface area (Å²) in [6, 6.07) is 16.3. The zero-order valence-electron chi connectivity index (χ0n) is 14.9. The third kappa shape index (κ3) is 3.48. The van der Waals surface area contributed by atoms with Crippen LogP contribution in [0.25, 0.3) is 0 Å². The van der Waals surface area contributed by atoms with Gasteiger partial charge in [-0.25, -0.2) is 0 Å². The minimum Gasteiger partial charge on any atom is -0.326 e. The molecule has 27 heavy (non-hydrogen) atoms. The number of piperidine rings is 1. The van der Waals surface area contributed by atoms with Crippen LogP contribution in [-0.4, -0.2) is 47.3 Å². The van der Waals surface area contributed by atoms with Gasteiger partial charge in [0.05, 0.1) is 23.7 Å². The number of nitrogens with zero attached hydrogens (tertiary/aromatic N) is 2. The number of likely N-dealkylation sites (tertiary alicyclic amines) is 1. The number of anilines is 1. The molecule has 0 aromatic heterocycles. The van der Waals surface area contributed by atoms with E-state index in [1.165, 1.54) is 4.90 Å². The molecule has 0 aliphatic carbocycles. The molecule has 2 heterocycles. The summed E-state index contributed by atoms with van der Waals surface area (Å²) in [4.78, 5) is 40.9. The van der Waals surface area contributed by atoms with Crippen LogP contribution in [0.5, 0.6) is 0 Å². The number of carbonyl (C=O) groups is 3. The van der Waals surface area contributed by atoms with Crippen LogP contribution in [0.1, 0.15) is 33.6 Å². The SMILES string of the molecule is O=C(Nc1ccccc1)[C@@H]1CCCN(CN2C(=O)c3ccccc3C2=O)C1. The Bertz CT molecular complexity index is 846. The Kier molecular flexibility index (Phi) is 4.73. The topological polar surface area (TPSA) is 69.7 Å². The van der Waals surface area contributed by atoms with Crippen molar-refractivity contribution in [3.8, 4) is 0 Å². The maximum absolute atomic E-state index is 12.6. The molecular weight excluding hydrogens is 342 g/mol. The predicted octanol–water partition coefficient (Wildman–Crippen LogP) is 2.59. The summed E-state index contributed by atoms with van der Waals surface area (Å²) in [5.41, 5.74) is 1.69. The molecule has 0 spiro atoms. The molecule has 2 aromatic rings. The summed E-state index contributed by atoms with van der Waals surface area (Å²) in [5, 5.41) is 2.94. The molecule has 0 radical (unpaired) electrons. The quantitative estimate of drug-likeness (QED) is 0.848. The van der Waals surface area contributed by atoms with Crippen LogP contribution in [-0.2, 0) is 4.79 Å². The monoisotopic (exact) mass is 363 g/mol. The highest BCUT2D eigenvalue weighted by Crippen LogP contribution is 2.25. The fraction of sp³-hybridized carbons (Fsp3) is 0.286. The first-order chi connectivity index (χ1) is 13.1. The molecule has 2 aromatic carbocycles. The molecule has 1 fully saturated rings. The van der Waals surface area contributed by atoms with Gasteiger partial charge in [-0.3, -0.25) is 24.2 Å². The Hall–Kier alpha value is -2.99. The maximum Gasteiger partial charge on any atom is 0.262 e. The van der Waals surface area contributed by atoms with E-state index < -0.39 is 0 Å². The molecule has 3 amide bonds. The summed E-state index contributed by atoms with van der Waals surface area (Å²) in [7, 11) is 0. The van der Waals surface area contributed by atoms with Gasteiger partial charge >= 0.3 is 0 Å². The Balaban J connectivity index is 1.40. The molecule has 1 atom stereocenters. The van der Waals surface area contributed by atoms with Gasteiger partial charge in [-0.15, -0.1) is 0 Å². The molecule has 1 N–H and O–H groups in total. The van der Waals surface area contributed by atoms with Crippen LogP contribution in [0.15, 0.2) is 54.6 Å². The predicted molar refractivity (Wildman–Crippen MR) is 101 cm³/mol. The van der Waals surface area contributed by atoms with Crippen LogP contribution in [0.2, 0.25) is 0 Å². The van der Waals surface area contributed by atoms with Gasteiger partial charge in [-0.1, -0.05) is 30.3 Å². The number of imide groups is 1. The van der Waals surface area contributed by atoms with E-state index in [2.05, 4.69) is 5.32 Å². The smallest absolute Gasteiger partial charge is 0.262 e. The molecule has 6 nitrogen and oxygen atoms in total. The Morgan fingerprint density at radius 1 is 0.963 bits per heavy atom. The number of rotatable bonds is 4. The van der Waals surface area contributed by atoms with E-state index in [0.717, 1.165) is 25.1 Å². The molecule has 0 unspecified atom stereocenters. The van der Waals surface area contributed by atoms with E-state index >= 15 is 0 Å². The second kappa shape index (κ2) is 7.32. The average Bonchev–Trinajstić information content (AvgIpc) is 2.94. The van der Waals surface area contributed by atoms with Gasteiger partial charge < -0.3 is 5.32 Å². The van der Waals surface area contributed by atoms with Crippen molar-refractivity contribution in [1.82, 2.24) is 9.80 Å². The van der Waals surface area contributed by atoms with Gasteiger partial charge in [0, 0.05) is 12.2 Å². The highest BCUT2D eigenvalue weighted by Gasteiger charge is 2.37. The second-order valence-corrected chi connectivity index (χ2v) is 7.00. The molecule has 4 rings (SSSR count). The third-order valence-corrected chi connectivity index (χ3v) is 5.14. The van der Waals surface area contributed by atoms with Crippen LogP contribution in [0.4, 0.5) is 5.69 Å². The van der Waals surface area contributed by atoms with E-state index in [4.69, 9.17) is 0 Å². The summed E-state index contributed by atoms with van der Waals surface area (Å²) < 4.78 is 0. The summed E-state index contributed by atoms with van der Waals surface area (Å²) in [6.45, 7) is 1.52. The van der Waals surface area contributed by atoms with E-state index in [9.17, 15) is 14.4 Å². The maximum atomic E-state index is 12.6. The van der Waals surface area contributed by atoms with E-state index in [-0.39, 0.29) is 30.3 Å². The molecule has 1 saturated heterocycles. The summed E-state index contributed by atoms with van der Waals surface area (Å²) in [6.07, 6.45) is 1.66. The molecule has 0 saturated carbocycles. The van der Waals surface area contributed by atoms with E-state index in [1.807, 2.05) is 35.2 Å². The first kappa shape index (κ1) is 17.4. The fourth-order valence-corrected chi connectivity index (χ4v) is 3.73. The number of amides is 3. The van der Waals surface area contributed by atoms with Crippen molar-refractivity contribution in [2.45, 2.75) is 12.8 Å². The second-order valence-electron chi connectivity index (χ2n) is 7.00. The van der Waals surface area contributed by atoms with Crippen molar-refractivity contribution in [2.75, 3.05) is 25.1 Å². The Morgan fingerprint density at radius 3 is 2.26 bits per heavy atom. The largest absolute Gasteiger partial charge is 0.326 e. The number of fused-ring (bicyclic) bond motifs is 1. The fourth-order valence-electron chi connectivity index (χ4n) is 3.73. The van der Waals surface area contributed by atoms with E-state index in [0.29, 0.717) is 17.7 Å². The number of hydrogen-bond acceptors (Lipinski definition) is 4. The lowest BCUT2D eigenvalue weighted by Crippen LogP contribution is -2.47. The van der Waals surface area contributed by atoms with Crippen molar-refractivity contribution in [3.63, 3.8) is 0 Å². The first-order valence-electron chi connectivity index (χ1n) is 9.17. The minimum atomic E-state index is -0.258. The van der Waals surface area contributed by atoms with Crippen molar-refractivity contribution in [3.05, 3.63) is 65.7 Å². The average molecular weight is 363 g/mol. The summed E-state index contributed by atoms with van der Waals surface area (Å²) in [5.74, 6) is -0.694. The molecule has 2 aliphatic heterocycles. The van der Waals surface area contributed by atoms with Gasteiger partial charge in [0.25, 0.3) is 11.8 Å². The summed E-state index contributed by atoms with van der Waals surface area (Å²) >= 11 is 0. The van der Waals surface area contributed by atoms with Crippen molar-refractivity contribution < 1.29 is 14.4 Å². The van der Waals surface area contributed by atoms with Crippen molar-refractivity contribution >= 4 is 23.4 Å². The molecule has 138 valence electrons. The Labute approximate surface area is 157 Å². The third-order valence-electron chi connectivity index (χ3n) is 5.14. The zero-order valence-corrected chi connectivity index (χ0v) is 14.9. The van der Waals surface area contributed by atoms with Gasteiger partial charge in [0.1, 0.15) is 0 Å². The van der Waals surface area contributed by atoms with Gasteiger partial charge in [-0.2, -0.15) is 0 Å². The van der Waals surface area contributed by atoms with Crippen molar-refractivity contribution in [2.24, 2.45) is 5.92 Å².